The maximum absolute atomic E-state index is 12.8. The van der Waals surface area contributed by atoms with Crippen molar-refractivity contribution < 1.29 is 28.6 Å². The van der Waals surface area contributed by atoms with Crippen molar-refractivity contribution in [1.29, 1.82) is 0 Å². The Bertz CT molecular complexity index is 588. The van der Waals surface area contributed by atoms with Gasteiger partial charge in [0.05, 0.1) is 0 Å². The number of ether oxygens (including phenoxy) is 3. The summed E-state index contributed by atoms with van der Waals surface area (Å²) in [4.78, 5) is 37.1. The molecule has 2 aliphatic carbocycles. The van der Waals surface area contributed by atoms with Crippen LogP contribution in [0.5, 0.6) is 0 Å². The van der Waals surface area contributed by atoms with Crippen LogP contribution in [0.3, 0.4) is 0 Å². The molecule has 3 aliphatic rings. The van der Waals surface area contributed by atoms with E-state index in [1.165, 1.54) is 0 Å². The van der Waals surface area contributed by atoms with Crippen molar-refractivity contribution in [2.24, 2.45) is 23.7 Å². The van der Waals surface area contributed by atoms with Crippen LogP contribution in [-0.2, 0) is 28.6 Å². The zero-order valence-electron chi connectivity index (χ0n) is 13.8. The molecular formula is C17H22O6. The van der Waals surface area contributed by atoms with E-state index in [1.807, 2.05) is 6.92 Å². The molecule has 1 saturated heterocycles. The third kappa shape index (κ3) is 2.11. The predicted molar refractivity (Wildman–Crippen MR) is 79.0 cm³/mol. The highest BCUT2D eigenvalue weighted by atomic mass is 16.6. The van der Waals surface area contributed by atoms with Crippen LogP contribution < -0.4 is 0 Å². The first kappa shape index (κ1) is 16.0. The van der Waals surface area contributed by atoms with E-state index in [4.69, 9.17) is 14.2 Å². The van der Waals surface area contributed by atoms with Crippen LogP contribution in [0, 0.1) is 23.7 Å². The van der Waals surface area contributed by atoms with Crippen molar-refractivity contribution in [2.45, 2.75) is 51.4 Å². The monoisotopic (exact) mass is 322 g/mol. The average Bonchev–Trinajstić information content (AvgIpc) is 2.98. The van der Waals surface area contributed by atoms with Gasteiger partial charge in [-0.15, -0.1) is 0 Å². The van der Waals surface area contributed by atoms with E-state index in [0.29, 0.717) is 6.42 Å². The zero-order chi connectivity index (χ0) is 17.2. The van der Waals surface area contributed by atoms with Gasteiger partial charge in [-0.1, -0.05) is 13.5 Å². The van der Waals surface area contributed by atoms with E-state index in [1.54, 1.807) is 20.8 Å². The van der Waals surface area contributed by atoms with E-state index < -0.39 is 35.0 Å². The second kappa shape index (κ2) is 4.82. The van der Waals surface area contributed by atoms with Crippen molar-refractivity contribution in [3.05, 3.63) is 12.7 Å². The molecular weight excluding hydrogens is 300 g/mol. The van der Waals surface area contributed by atoms with Crippen molar-refractivity contribution in [3.63, 3.8) is 0 Å². The van der Waals surface area contributed by atoms with Crippen molar-refractivity contribution >= 4 is 17.9 Å². The van der Waals surface area contributed by atoms with Gasteiger partial charge in [-0.2, -0.15) is 0 Å². The van der Waals surface area contributed by atoms with Crippen LogP contribution in [0.4, 0.5) is 0 Å². The molecule has 0 aromatic heterocycles. The first-order chi connectivity index (χ1) is 10.6. The number of esters is 3. The Morgan fingerprint density at radius 3 is 2.61 bits per heavy atom. The van der Waals surface area contributed by atoms with Gasteiger partial charge in [0.2, 0.25) is 5.60 Å². The van der Waals surface area contributed by atoms with Crippen LogP contribution in [0.15, 0.2) is 12.7 Å². The minimum Gasteiger partial charge on any atom is -0.460 e. The first-order valence-corrected chi connectivity index (χ1v) is 7.91. The summed E-state index contributed by atoms with van der Waals surface area (Å²) in [6.07, 6.45) is 1.31. The number of carbonyl (C=O) groups is 3. The summed E-state index contributed by atoms with van der Waals surface area (Å²) in [5, 5.41) is 0. The standard InChI is InChI=1S/C17H22O6/c1-6-11(18)22-17-10-7-9(8(2)13(10)21-15(17)20)12(17)14(19)23-16(3,4)5/h6,8-10,12-13H,1,7H2,2-5H3. The number of carbonyl (C=O) groups excluding carboxylic acids is 3. The smallest absolute Gasteiger partial charge is 0.352 e. The number of hydrogen-bond acceptors (Lipinski definition) is 6. The van der Waals surface area contributed by atoms with E-state index in [0.717, 1.165) is 6.08 Å². The summed E-state index contributed by atoms with van der Waals surface area (Å²) < 4.78 is 16.4. The Morgan fingerprint density at radius 2 is 2.04 bits per heavy atom. The molecule has 6 unspecified atom stereocenters. The van der Waals surface area contributed by atoms with E-state index in [2.05, 4.69) is 6.58 Å². The summed E-state index contributed by atoms with van der Waals surface area (Å²) in [6, 6.07) is 0. The van der Waals surface area contributed by atoms with E-state index in [-0.39, 0.29) is 23.9 Å². The van der Waals surface area contributed by atoms with Gasteiger partial charge in [0.15, 0.2) is 0 Å². The molecule has 6 heteroatoms. The summed E-state index contributed by atoms with van der Waals surface area (Å²) in [6.45, 7) is 10.6. The fraction of sp³-hybridized carbons (Fsp3) is 0.706. The largest absolute Gasteiger partial charge is 0.460 e. The Balaban J connectivity index is 2.01. The predicted octanol–water partition coefficient (Wildman–Crippen LogP) is 1.62. The highest BCUT2D eigenvalue weighted by molar-refractivity contribution is 5.95. The minimum absolute atomic E-state index is 0.0412. The molecule has 2 saturated carbocycles. The van der Waals surface area contributed by atoms with Crippen molar-refractivity contribution in [2.75, 3.05) is 0 Å². The SMILES string of the molecule is C=CC(=O)OC12C(=O)OC3C(C)C(CC31)C2C(=O)OC(C)(C)C. The number of rotatable bonds is 3. The molecule has 1 heterocycles. The average molecular weight is 322 g/mol. The lowest BCUT2D eigenvalue weighted by Gasteiger charge is -2.37. The molecule has 0 aromatic rings. The second-order valence-electron chi connectivity index (χ2n) is 7.66. The van der Waals surface area contributed by atoms with Gasteiger partial charge in [0, 0.05) is 12.0 Å². The molecule has 0 spiro atoms. The second-order valence-corrected chi connectivity index (χ2v) is 7.66. The highest BCUT2D eigenvalue weighted by Crippen LogP contribution is 2.64. The molecule has 23 heavy (non-hydrogen) atoms. The quantitative estimate of drug-likeness (QED) is 0.446. The lowest BCUT2D eigenvalue weighted by molar-refractivity contribution is -0.189. The molecule has 2 bridgehead atoms. The zero-order valence-corrected chi connectivity index (χ0v) is 13.8. The number of hydrogen-bond donors (Lipinski definition) is 0. The Labute approximate surface area is 135 Å². The first-order valence-electron chi connectivity index (χ1n) is 7.91. The highest BCUT2D eigenvalue weighted by Gasteiger charge is 2.79. The Kier molecular flexibility index (Phi) is 3.36. The minimum atomic E-state index is -1.56. The van der Waals surface area contributed by atoms with Crippen LogP contribution in [0.2, 0.25) is 0 Å². The molecule has 1 aliphatic heterocycles. The Hall–Kier alpha value is -1.85. The van der Waals surface area contributed by atoms with Crippen LogP contribution >= 0.6 is 0 Å². The molecule has 6 nitrogen and oxygen atoms in total. The topological polar surface area (TPSA) is 78.9 Å². The third-order valence-electron chi connectivity index (χ3n) is 5.22. The molecule has 3 fully saturated rings. The molecule has 0 radical (unpaired) electrons. The van der Waals surface area contributed by atoms with Crippen molar-refractivity contribution in [1.82, 2.24) is 0 Å². The molecule has 0 aromatic carbocycles. The van der Waals surface area contributed by atoms with Gasteiger partial charge < -0.3 is 14.2 Å². The van der Waals surface area contributed by atoms with Crippen LogP contribution in [0.25, 0.3) is 0 Å². The molecule has 0 amide bonds. The third-order valence-corrected chi connectivity index (χ3v) is 5.22. The summed E-state index contributed by atoms with van der Waals surface area (Å²) in [7, 11) is 0. The molecule has 126 valence electrons. The fourth-order valence-electron chi connectivity index (χ4n) is 4.45. The molecule has 3 rings (SSSR count). The fourth-order valence-corrected chi connectivity index (χ4v) is 4.45. The normalized spacial score (nSPS) is 40.7. The molecule has 6 atom stereocenters. The van der Waals surface area contributed by atoms with Gasteiger partial charge in [-0.05, 0) is 39.0 Å². The summed E-state index contributed by atoms with van der Waals surface area (Å²) >= 11 is 0. The number of fused-ring (bicyclic) bond motifs is 1. The van der Waals surface area contributed by atoms with Gasteiger partial charge in [-0.25, -0.2) is 9.59 Å². The van der Waals surface area contributed by atoms with Crippen molar-refractivity contribution in [3.8, 4) is 0 Å². The van der Waals surface area contributed by atoms with E-state index >= 15 is 0 Å². The van der Waals surface area contributed by atoms with Gasteiger partial charge in [0.25, 0.3) is 0 Å². The lowest BCUT2D eigenvalue weighted by atomic mass is 9.71. The maximum Gasteiger partial charge on any atom is 0.352 e. The maximum atomic E-state index is 12.8. The van der Waals surface area contributed by atoms with Gasteiger partial charge >= 0.3 is 17.9 Å². The van der Waals surface area contributed by atoms with Crippen LogP contribution in [0.1, 0.15) is 34.1 Å². The Morgan fingerprint density at radius 1 is 1.39 bits per heavy atom. The summed E-state index contributed by atoms with van der Waals surface area (Å²) in [5.41, 5.74) is -2.25. The van der Waals surface area contributed by atoms with E-state index in [9.17, 15) is 14.4 Å². The lowest BCUT2D eigenvalue weighted by Crippen LogP contribution is -2.55. The van der Waals surface area contributed by atoms with Gasteiger partial charge in [0.1, 0.15) is 17.6 Å². The van der Waals surface area contributed by atoms with Gasteiger partial charge in [-0.3, -0.25) is 4.79 Å². The summed E-state index contributed by atoms with van der Waals surface area (Å²) in [5.74, 6) is -3.04. The molecule has 0 N–H and O–H groups in total. The van der Waals surface area contributed by atoms with Crippen LogP contribution in [-0.4, -0.2) is 35.2 Å².